The van der Waals surface area contributed by atoms with Crippen LogP contribution in [0.5, 0.6) is 0 Å². The number of aryl methyl sites for hydroxylation is 1. The number of benzene rings is 5. The molecule has 192 valence electrons. The first-order valence-corrected chi connectivity index (χ1v) is 13.6. The Labute approximate surface area is 236 Å². The summed E-state index contributed by atoms with van der Waals surface area (Å²) in [4.78, 5) is 0. The fraction of sp³-hybridized carbons (Fsp3) is 0.0263. The number of nitrogens with zero attached hydrogens (tertiary/aromatic N) is 2. The molecule has 0 spiro atoms. The molecule has 2 heteroatoms. The maximum atomic E-state index is 4.77. The summed E-state index contributed by atoms with van der Waals surface area (Å²) in [5.41, 5.74) is 11.4. The highest BCUT2D eigenvalue weighted by atomic mass is 15.3. The van der Waals surface area contributed by atoms with Crippen molar-refractivity contribution in [2.75, 3.05) is 0 Å². The Morgan fingerprint density at radius 2 is 0.975 bits per heavy atom. The van der Waals surface area contributed by atoms with E-state index in [2.05, 4.69) is 153 Å². The van der Waals surface area contributed by atoms with Gasteiger partial charge in [0.2, 0.25) is 0 Å². The molecule has 0 atom stereocenters. The topological polar surface area (TPSA) is 17.8 Å². The van der Waals surface area contributed by atoms with Crippen molar-refractivity contribution in [3.8, 4) is 5.69 Å². The van der Waals surface area contributed by atoms with Crippen LogP contribution < -0.4 is 0 Å². The van der Waals surface area contributed by atoms with E-state index in [1.807, 2.05) is 23.1 Å². The lowest BCUT2D eigenvalue weighted by molar-refractivity contribution is 0.874. The Morgan fingerprint density at radius 3 is 1.38 bits per heavy atom. The monoisotopic (exact) mass is 514 g/mol. The first kappa shape index (κ1) is 25.1. The number of hydrogen-bond donors (Lipinski definition) is 0. The van der Waals surface area contributed by atoms with E-state index in [0.717, 1.165) is 50.2 Å². The van der Waals surface area contributed by atoms with Crippen molar-refractivity contribution < 1.29 is 0 Å². The van der Waals surface area contributed by atoms with Crippen molar-refractivity contribution in [1.29, 1.82) is 0 Å². The maximum absolute atomic E-state index is 4.77. The van der Waals surface area contributed by atoms with E-state index in [9.17, 15) is 0 Å². The molecule has 0 unspecified atom stereocenters. The average Bonchev–Trinajstić information content (AvgIpc) is 3.55. The zero-order valence-electron chi connectivity index (χ0n) is 22.5. The van der Waals surface area contributed by atoms with Crippen LogP contribution in [0.1, 0.15) is 38.9 Å². The van der Waals surface area contributed by atoms with E-state index in [4.69, 9.17) is 5.10 Å². The summed E-state index contributed by atoms with van der Waals surface area (Å²) in [6.07, 6.45) is 8.45. The molecule has 0 amide bonds. The number of rotatable bonds is 7. The van der Waals surface area contributed by atoms with Gasteiger partial charge in [0.1, 0.15) is 0 Å². The van der Waals surface area contributed by atoms with Gasteiger partial charge < -0.3 is 0 Å². The van der Waals surface area contributed by atoms with E-state index >= 15 is 0 Å². The van der Waals surface area contributed by atoms with Crippen molar-refractivity contribution in [3.63, 3.8) is 0 Å². The Morgan fingerprint density at radius 1 is 0.550 bits per heavy atom. The van der Waals surface area contributed by atoms with Crippen LogP contribution in [-0.4, -0.2) is 9.78 Å². The highest BCUT2D eigenvalue weighted by Crippen LogP contribution is 2.38. The first-order chi connectivity index (χ1) is 19.8. The van der Waals surface area contributed by atoms with Crippen molar-refractivity contribution in [2.24, 2.45) is 0 Å². The van der Waals surface area contributed by atoms with Crippen molar-refractivity contribution in [1.82, 2.24) is 9.78 Å². The molecule has 1 heterocycles. The third kappa shape index (κ3) is 5.48. The van der Waals surface area contributed by atoms with E-state index in [-0.39, 0.29) is 0 Å². The zero-order valence-corrected chi connectivity index (χ0v) is 22.5. The molecule has 1 aromatic heterocycles. The molecule has 0 fully saturated rings. The second-order valence-electron chi connectivity index (χ2n) is 9.83. The normalized spacial score (nSPS) is 11.9. The molecule has 0 radical (unpaired) electrons. The summed E-state index contributed by atoms with van der Waals surface area (Å²) >= 11 is 0. The van der Waals surface area contributed by atoms with Crippen LogP contribution in [0.2, 0.25) is 0 Å². The quantitative estimate of drug-likeness (QED) is 0.194. The molecule has 6 aromatic rings. The fourth-order valence-corrected chi connectivity index (χ4v) is 5.14. The molecule has 0 aliphatic rings. The Bertz CT molecular complexity index is 1630. The van der Waals surface area contributed by atoms with Gasteiger partial charge >= 0.3 is 0 Å². The summed E-state index contributed by atoms with van der Waals surface area (Å²) in [6.45, 7) is 2.18. The van der Waals surface area contributed by atoms with Gasteiger partial charge in [-0.25, -0.2) is 4.68 Å². The van der Waals surface area contributed by atoms with Gasteiger partial charge in [-0.2, -0.15) is 5.10 Å². The highest BCUT2D eigenvalue weighted by Gasteiger charge is 2.20. The lowest BCUT2D eigenvalue weighted by atomic mass is 9.87. The van der Waals surface area contributed by atoms with Crippen molar-refractivity contribution in [3.05, 3.63) is 191 Å². The second kappa shape index (κ2) is 11.7. The summed E-state index contributed by atoms with van der Waals surface area (Å²) < 4.78 is 2.01. The first-order valence-electron chi connectivity index (χ1n) is 13.6. The van der Waals surface area contributed by atoms with Gasteiger partial charge in [-0.1, -0.05) is 121 Å². The summed E-state index contributed by atoms with van der Waals surface area (Å²) in [7, 11) is 0. The predicted octanol–water partition coefficient (Wildman–Crippen LogP) is 9.36. The van der Waals surface area contributed by atoms with Crippen LogP contribution >= 0.6 is 0 Å². The molecule has 40 heavy (non-hydrogen) atoms. The van der Waals surface area contributed by atoms with Gasteiger partial charge in [0, 0.05) is 23.5 Å². The molecule has 0 N–H and O–H groups in total. The fourth-order valence-electron chi connectivity index (χ4n) is 5.14. The van der Waals surface area contributed by atoms with Gasteiger partial charge in [-0.05, 0) is 76.2 Å². The minimum atomic E-state index is 1.05. The van der Waals surface area contributed by atoms with Crippen molar-refractivity contribution in [2.45, 2.75) is 6.92 Å². The number of aromatic nitrogens is 2. The summed E-state index contributed by atoms with van der Waals surface area (Å²) in [6, 6.07) is 48.9. The van der Waals surface area contributed by atoms with Crippen LogP contribution in [0.15, 0.2) is 152 Å². The minimum Gasteiger partial charge on any atom is -0.240 e. The lowest BCUT2D eigenvalue weighted by Gasteiger charge is -2.21. The molecule has 0 saturated heterocycles. The molecule has 0 aliphatic carbocycles. The third-order valence-electron chi connectivity index (χ3n) is 6.96. The SMILES string of the molecule is Cc1cc(/C(=C/c2ccccc2)c2ccccc2)c(-n2cccn2)c(/C(=C/c2ccccc2)c2ccccc2)c1. The van der Waals surface area contributed by atoms with Crippen LogP contribution in [0.25, 0.3) is 29.0 Å². The Hall–Kier alpha value is -5.21. The smallest absolute Gasteiger partial charge is 0.0802 e. The molecule has 0 aliphatic heterocycles. The molecule has 0 saturated carbocycles. The van der Waals surface area contributed by atoms with Crippen molar-refractivity contribution >= 4 is 23.3 Å². The number of hydrogen-bond acceptors (Lipinski definition) is 1. The van der Waals surface area contributed by atoms with E-state index in [1.165, 1.54) is 5.56 Å². The van der Waals surface area contributed by atoms with Crippen LogP contribution in [0, 0.1) is 6.92 Å². The maximum Gasteiger partial charge on any atom is 0.0802 e. The molecule has 2 nitrogen and oxygen atoms in total. The molecule has 5 aromatic carbocycles. The van der Waals surface area contributed by atoms with Crippen LogP contribution in [-0.2, 0) is 0 Å². The van der Waals surface area contributed by atoms with Gasteiger partial charge in [0.05, 0.1) is 5.69 Å². The largest absolute Gasteiger partial charge is 0.240 e. The van der Waals surface area contributed by atoms with E-state index < -0.39 is 0 Å². The van der Waals surface area contributed by atoms with Gasteiger partial charge in [-0.15, -0.1) is 0 Å². The average molecular weight is 515 g/mol. The summed E-state index contributed by atoms with van der Waals surface area (Å²) in [5.74, 6) is 0. The van der Waals surface area contributed by atoms with E-state index in [1.54, 1.807) is 0 Å². The van der Waals surface area contributed by atoms with Crippen LogP contribution in [0.3, 0.4) is 0 Å². The molecule has 6 rings (SSSR count). The molecular formula is C38H30N2. The van der Waals surface area contributed by atoms with Gasteiger partial charge in [-0.3, -0.25) is 0 Å². The third-order valence-corrected chi connectivity index (χ3v) is 6.96. The van der Waals surface area contributed by atoms with Crippen LogP contribution in [0.4, 0.5) is 0 Å². The van der Waals surface area contributed by atoms with Gasteiger partial charge in [0.25, 0.3) is 0 Å². The second-order valence-corrected chi connectivity index (χ2v) is 9.83. The standard InChI is InChI=1S/C38H30N2/c1-29-25-36(34(32-19-10-4-11-20-32)27-30-15-6-2-7-16-30)38(40-24-14-23-39-40)37(26-29)35(33-21-12-5-13-22-33)28-31-17-8-3-9-18-31/h2-28H,1H3/b34-27+,35-28+. The zero-order chi connectivity index (χ0) is 27.1. The predicted molar refractivity (Wildman–Crippen MR) is 168 cm³/mol. The summed E-state index contributed by atoms with van der Waals surface area (Å²) in [5, 5.41) is 4.77. The highest BCUT2D eigenvalue weighted by molar-refractivity contribution is 6.00. The minimum absolute atomic E-state index is 1.05. The molecule has 0 bridgehead atoms. The van der Waals surface area contributed by atoms with Gasteiger partial charge in [0.15, 0.2) is 0 Å². The van der Waals surface area contributed by atoms with E-state index in [0.29, 0.717) is 0 Å². The Balaban J connectivity index is 1.69. The lowest BCUT2D eigenvalue weighted by Crippen LogP contribution is -2.07. The molecular weight excluding hydrogens is 484 g/mol. The Kier molecular flexibility index (Phi) is 7.32.